The van der Waals surface area contributed by atoms with Crippen molar-refractivity contribution >= 4 is 46.4 Å². The van der Waals surface area contributed by atoms with Crippen LogP contribution in [0.5, 0.6) is 23.0 Å². The Kier molecular flexibility index (Phi) is 28.7. The third kappa shape index (κ3) is 25.0. The summed E-state index contributed by atoms with van der Waals surface area (Å²) in [5.41, 5.74) is 3.28. The number of aliphatic hydroxyl groups is 2. The minimum Gasteiger partial charge on any atom is -1.00 e. The van der Waals surface area contributed by atoms with Crippen LogP contribution in [-0.4, -0.2) is 60.3 Å². The Hall–Kier alpha value is -5.08. The Bertz CT molecular complexity index is 1520. The summed E-state index contributed by atoms with van der Waals surface area (Å²) < 4.78 is 21.0. The van der Waals surface area contributed by atoms with Crippen molar-refractivity contribution in [3.63, 3.8) is 0 Å². The zero-order chi connectivity index (χ0) is 38.7. The number of ether oxygens (including phenoxy) is 4. The van der Waals surface area contributed by atoms with Crippen molar-refractivity contribution < 1.29 is 82.7 Å². The molecule has 0 aliphatic rings. The summed E-state index contributed by atoms with van der Waals surface area (Å²) in [6, 6.07) is 29.4. The first-order valence-corrected chi connectivity index (χ1v) is 16.9. The third-order valence-corrected chi connectivity index (χ3v) is 5.95. The molecule has 0 aromatic heterocycles. The molecule has 0 fully saturated rings. The van der Waals surface area contributed by atoms with E-state index in [2.05, 4.69) is 20.6 Å². The van der Waals surface area contributed by atoms with E-state index in [4.69, 9.17) is 29.2 Å². The molecule has 0 atom stereocenters. The number of carbonyl (C=O) groups excluding carboxylic acids is 2. The number of rotatable bonds is 12. The standard InChI is InChI=1S/4C10H13NO2.2BrH/c4*1-3-13-10-6-4-9(5-7-10)11-8(2)12;;/h4*4-7H,3H2,1-2H3,(H,11,12);2*1H. The number of benzene rings is 4. The fourth-order valence-electron chi connectivity index (χ4n) is 4.03. The molecule has 0 radical (unpaired) electrons. The maximum Gasteiger partial charge on any atom is 0.334 e. The monoisotopic (exact) mass is 876 g/mol. The lowest BCUT2D eigenvalue weighted by Gasteiger charge is -2.04. The van der Waals surface area contributed by atoms with Gasteiger partial charge in [-0.05, 0) is 100 Å². The number of nitrogens with one attached hydrogen (secondary N) is 4. The van der Waals surface area contributed by atoms with Gasteiger partial charge in [-0.25, -0.2) is 0 Å². The molecule has 4 aromatic rings. The van der Waals surface area contributed by atoms with E-state index >= 15 is 0 Å². The predicted molar refractivity (Wildman–Crippen MR) is 207 cm³/mol. The molecule has 296 valence electrons. The number of halogens is 2. The number of hydrogen-bond acceptors (Lipinski definition) is 6. The van der Waals surface area contributed by atoms with Crippen LogP contribution in [0.4, 0.5) is 22.7 Å². The predicted octanol–water partition coefficient (Wildman–Crippen LogP) is -0.357. The molecule has 4 aromatic carbocycles. The van der Waals surface area contributed by atoms with E-state index in [0.29, 0.717) is 26.4 Å². The molecule has 0 heterocycles. The van der Waals surface area contributed by atoms with Crippen molar-refractivity contribution in [1.29, 1.82) is 0 Å². The van der Waals surface area contributed by atoms with Crippen molar-refractivity contribution in [2.75, 3.05) is 37.1 Å². The fourth-order valence-corrected chi connectivity index (χ4v) is 4.03. The second kappa shape index (κ2) is 30.4. The molecule has 0 saturated carbocycles. The maximum absolute atomic E-state index is 10.7. The first-order chi connectivity index (χ1) is 24.9. The van der Waals surface area contributed by atoms with Gasteiger partial charge in [-0.3, -0.25) is 9.59 Å². The molecule has 0 aliphatic heterocycles. The molecular weight excluding hydrogens is 824 g/mol. The van der Waals surface area contributed by atoms with Crippen LogP contribution >= 0.6 is 0 Å². The molecule has 12 nitrogen and oxygen atoms in total. The van der Waals surface area contributed by atoms with Gasteiger partial charge in [0, 0.05) is 49.5 Å². The summed E-state index contributed by atoms with van der Waals surface area (Å²) in [6.07, 6.45) is 0. The van der Waals surface area contributed by atoms with Gasteiger partial charge in [-0.2, -0.15) is 9.98 Å². The molecule has 6 N–H and O–H groups in total. The molecule has 0 spiro atoms. The molecule has 4 rings (SSSR count). The summed E-state index contributed by atoms with van der Waals surface area (Å²) in [7, 11) is 0. The van der Waals surface area contributed by atoms with Crippen LogP contribution in [-0.2, 0) is 9.59 Å². The van der Waals surface area contributed by atoms with Crippen molar-refractivity contribution in [3.05, 3.63) is 97.1 Å². The van der Waals surface area contributed by atoms with Crippen molar-refractivity contribution in [3.8, 4) is 23.0 Å². The first-order valence-electron chi connectivity index (χ1n) is 16.9. The largest absolute Gasteiger partial charge is 1.00 e. The zero-order valence-corrected chi connectivity index (χ0v) is 35.3. The molecule has 54 heavy (non-hydrogen) atoms. The van der Waals surface area contributed by atoms with Crippen molar-refractivity contribution in [2.45, 2.75) is 55.4 Å². The van der Waals surface area contributed by atoms with Gasteiger partial charge < -0.3 is 73.8 Å². The minimum absolute atomic E-state index is 0. The maximum atomic E-state index is 10.7. The highest BCUT2D eigenvalue weighted by Gasteiger charge is 2.00. The lowest BCUT2D eigenvalue weighted by molar-refractivity contribution is -0.366. The Labute approximate surface area is 340 Å². The topological polar surface area (TPSA) is 164 Å². The summed E-state index contributed by atoms with van der Waals surface area (Å²) in [6.45, 7) is 16.5. The summed E-state index contributed by atoms with van der Waals surface area (Å²) in [5.74, 6) is 3.54. The van der Waals surface area contributed by atoms with E-state index in [0.717, 1.165) is 45.7 Å². The van der Waals surface area contributed by atoms with Gasteiger partial charge in [0.1, 0.15) is 23.0 Å². The molecule has 14 heteroatoms. The Morgan fingerprint density at radius 3 is 0.870 bits per heavy atom. The van der Waals surface area contributed by atoms with Gasteiger partial charge in [-0.15, -0.1) is 0 Å². The normalized spacial score (nSPS) is 10.0. The van der Waals surface area contributed by atoms with Gasteiger partial charge in [0.25, 0.3) is 0 Å². The van der Waals surface area contributed by atoms with Crippen molar-refractivity contribution in [2.24, 2.45) is 0 Å². The third-order valence-electron chi connectivity index (χ3n) is 5.95. The molecular formula is C40H54Br2N4O8. The van der Waals surface area contributed by atoms with Crippen molar-refractivity contribution in [1.82, 2.24) is 0 Å². The average Bonchev–Trinajstić information content (AvgIpc) is 3.09. The molecule has 0 bridgehead atoms. The van der Waals surface area contributed by atoms with Crippen LogP contribution in [0.3, 0.4) is 0 Å². The molecule has 0 aliphatic carbocycles. The Morgan fingerprint density at radius 2 is 0.685 bits per heavy atom. The van der Waals surface area contributed by atoms with E-state index in [1.54, 1.807) is 13.8 Å². The van der Waals surface area contributed by atoms with Crippen LogP contribution in [0, 0.1) is 0 Å². The quantitative estimate of drug-likeness (QED) is 0.0832. The number of aliphatic hydroxyl groups excluding tert-OH is 2. The number of amides is 2. The van der Waals surface area contributed by atoms with Gasteiger partial charge in [-0.1, -0.05) is 0 Å². The highest BCUT2D eigenvalue weighted by atomic mass is 79.9. The van der Waals surface area contributed by atoms with Gasteiger partial charge in [0.05, 0.1) is 40.3 Å². The zero-order valence-electron chi connectivity index (χ0n) is 32.2. The number of carbonyl (C=O) groups is 2. The lowest BCUT2D eigenvalue weighted by Crippen LogP contribution is -3.00. The van der Waals surface area contributed by atoms with E-state index in [9.17, 15) is 9.59 Å². The minimum atomic E-state index is -0.0656. The van der Waals surface area contributed by atoms with Gasteiger partial charge >= 0.3 is 11.8 Å². The summed E-state index contributed by atoms with van der Waals surface area (Å²) in [5, 5.41) is 23.3. The van der Waals surface area contributed by atoms with Crippen LogP contribution in [0.2, 0.25) is 0 Å². The number of hydrogen-bond donors (Lipinski definition) is 6. The average molecular weight is 879 g/mol. The summed E-state index contributed by atoms with van der Waals surface area (Å²) in [4.78, 5) is 26.9. The SMILES string of the molecule is CCOc1ccc(NC(C)=O)cc1.CCOc1ccc(NC(C)=O)cc1.CCOc1ccc([NH+]=C(C)O)cc1.CCOc1ccc([NH+]=C(C)O)cc1.[Br-].[Br-]. The highest BCUT2D eigenvalue weighted by molar-refractivity contribution is 5.89. The smallest absolute Gasteiger partial charge is 0.334 e. The van der Waals surface area contributed by atoms with Gasteiger partial charge in [0.2, 0.25) is 23.2 Å². The second-order valence-electron chi connectivity index (χ2n) is 10.6. The Morgan fingerprint density at radius 1 is 0.463 bits per heavy atom. The highest BCUT2D eigenvalue weighted by Crippen LogP contribution is 2.16. The van der Waals surface area contributed by atoms with E-state index in [1.165, 1.54) is 13.8 Å². The molecule has 0 saturated heterocycles. The van der Waals surface area contributed by atoms with Crippen LogP contribution < -0.4 is 73.5 Å². The van der Waals surface area contributed by atoms with Crippen LogP contribution in [0.1, 0.15) is 55.4 Å². The first kappa shape index (κ1) is 51.0. The number of anilines is 2. The van der Waals surface area contributed by atoms with Gasteiger partial charge in [0.15, 0.2) is 0 Å². The fraction of sp³-hybridized carbons (Fsp3) is 0.300. The molecule has 0 unspecified atom stereocenters. The van der Waals surface area contributed by atoms with E-state index < -0.39 is 0 Å². The lowest BCUT2D eigenvalue weighted by atomic mass is 10.3. The Balaban J connectivity index is 0. The van der Waals surface area contributed by atoms with Crippen LogP contribution in [0.25, 0.3) is 0 Å². The summed E-state index contributed by atoms with van der Waals surface area (Å²) >= 11 is 0. The molecule has 2 amide bonds. The van der Waals surface area contributed by atoms with Crippen LogP contribution in [0.15, 0.2) is 97.1 Å². The van der Waals surface area contributed by atoms with E-state index in [-0.39, 0.29) is 57.6 Å². The van der Waals surface area contributed by atoms with E-state index in [1.807, 2.05) is 125 Å². The second-order valence-corrected chi connectivity index (χ2v) is 10.6.